The maximum absolute atomic E-state index is 14.8. The van der Waals surface area contributed by atoms with E-state index in [1.54, 1.807) is 6.07 Å². The number of halogens is 8. The van der Waals surface area contributed by atoms with Gasteiger partial charge < -0.3 is 15.7 Å². The molecule has 8 nitrogen and oxygen atoms in total. The van der Waals surface area contributed by atoms with Crippen molar-refractivity contribution in [3.8, 4) is 5.75 Å². The van der Waals surface area contributed by atoms with Crippen LogP contribution in [0.4, 0.5) is 27.6 Å². The number of nitrogens with zero attached hydrogens (tertiary/aromatic N) is 2. The van der Waals surface area contributed by atoms with Gasteiger partial charge in [0, 0.05) is 32.8 Å². The lowest BCUT2D eigenvalue weighted by Gasteiger charge is -2.28. The molecule has 0 aliphatic rings. The largest absolute Gasteiger partial charge is 0.507 e. The topological polar surface area (TPSA) is 121 Å². The maximum atomic E-state index is 14.8. The average Bonchev–Trinajstić information content (AvgIpc) is 2.97. The van der Waals surface area contributed by atoms with E-state index >= 15 is 0 Å². The molecule has 0 bridgehead atoms. The van der Waals surface area contributed by atoms with Gasteiger partial charge in [0.1, 0.15) is 5.75 Å². The molecule has 4 aromatic carbocycles. The number of aromatic hydroxyl groups is 1. The van der Waals surface area contributed by atoms with Crippen LogP contribution in [-0.4, -0.2) is 36.2 Å². The number of anilines is 1. The minimum Gasteiger partial charge on any atom is -0.507 e. The molecule has 0 spiro atoms. The van der Waals surface area contributed by atoms with Gasteiger partial charge in [-0.25, -0.2) is 30.4 Å². The van der Waals surface area contributed by atoms with Crippen LogP contribution in [0, 0.1) is 29.1 Å². The van der Waals surface area contributed by atoms with Crippen LogP contribution >= 0.6 is 39.1 Å². The van der Waals surface area contributed by atoms with Gasteiger partial charge in [-0.05, 0) is 53.6 Å². The van der Waals surface area contributed by atoms with E-state index in [0.717, 1.165) is 17.0 Å². The minimum atomic E-state index is -5.64. The predicted octanol–water partition coefficient (Wildman–Crippen LogP) is 6.68. The molecular formula is C29H19BrCl2F5N3O5S. The lowest BCUT2D eigenvalue weighted by Crippen LogP contribution is -2.43. The molecule has 0 saturated carbocycles. The van der Waals surface area contributed by atoms with Crippen molar-refractivity contribution in [2.75, 3.05) is 11.4 Å². The molecule has 0 aliphatic heterocycles. The van der Waals surface area contributed by atoms with Crippen LogP contribution in [-0.2, 0) is 27.9 Å². The summed E-state index contributed by atoms with van der Waals surface area (Å²) in [4.78, 5) is 24.3. The second-order valence-electron chi connectivity index (χ2n) is 9.62. The first-order chi connectivity index (χ1) is 21.5. The summed E-state index contributed by atoms with van der Waals surface area (Å²) in [5.74, 6) is -15.6. The molecule has 0 fully saturated rings. The highest BCUT2D eigenvalue weighted by atomic mass is 79.9. The van der Waals surface area contributed by atoms with Gasteiger partial charge in [-0.2, -0.15) is 4.31 Å². The van der Waals surface area contributed by atoms with Crippen molar-refractivity contribution in [2.45, 2.75) is 18.0 Å². The Hall–Kier alpha value is -3.76. The third kappa shape index (κ3) is 7.44. The fraction of sp³-hybridized carbons (Fsp3) is 0.103. The van der Waals surface area contributed by atoms with Crippen molar-refractivity contribution in [2.24, 2.45) is 5.73 Å². The molecule has 0 unspecified atom stereocenters. The lowest BCUT2D eigenvalue weighted by molar-refractivity contribution is -0.119. The Bertz CT molecular complexity index is 1920. The molecule has 0 radical (unpaired) electrons. The number of rotatable bonds is 10. The van der Waals surface area contributed by atoms with Crippen molar-refractivity contribution in [3.63, 3.8) is 0 Å². The van der Waals surface area contributed by atoms with Gasteiger partial charge in [0.25, 0.3) is 5.91 Å². The molecule has 0 atom stereocenters. The van der Waals surface area contributed by atoms with Crippen LogP contribution in [0.3, 0.4) is 0 Å². The number of phenols is 1. The van der Waals surface area contributed by atoms with Crippen molar-refractivity contribution in [1.29, 1.82) is 0 Å². The summed E-state index contributed by atoms with van der Waals surface area (Å²) in [5, 5.41) is 10.9. The molecule has 46 heavy (non-hydrogen) atoms. The van der Waals surface area contributed by atoms with E-state index in [2.05, 4.69) is 15.9 Å². The zero-order valence-corrected chi connectivity index (χ0v) is 26.8. The molecule has 0 aromatic heterocycles. The van der Waals surface area contributed by atoms with E-state index in [9.17, 15) is 45.1 Å². The number of hydrogen-bond donors (Lipinski definition) is 2. The molecule has 3 N–H and O–H groups in total. The van der Waals surface area contributed by atoms with E-state index < -0.39 is 74.7 Å². The maximum Gasteiger partial charge on any atom is 0.252 e. The molecule has 242 valence electrons. The van der Waals surface area contributed by atoms with Crippen LogP contribution < -0.4 is 10.6 Å². The number of carbonyl (C=O) groups is 2. The van der Waals surface area contributed by atoms with E-state index in [4.69, 9.17) is 28.9 Å². The van der Waals surface area contributed by atoms with Crippen LogP contribution in [0.5, 0.6) is 5.75 Å². The molecular weight excluding hydrogens is 748 g/mol. The quantitative estimate of drug-likeness (QED) is 0.106. The molecule has 2 amide bonds. The molecule has 4 rings (SSSR count). The highest BCUT2D eigenvalue weighted by Gasteiger charge is 2.38. The summed E-state index contributed by atoms with van der Waals surface area (Å²) in [6.07, 6.45) is 0. The Labute approximate surface area is 276 Å². The van der Waals surface area contributed by atoms with E-state index in [1.807, 2.05) is 0 Å². The van der Waals surface area contributed by atoms with Crippen LogP contribution in [0.1, 0.15) is 21.5 Å². The third-order valence-corrected chi connectivity index (χ3v) is 9.21. The Morgan fingerprint density at radius 3 is 1.91 bits per heavy atom. The normalized spacial score (nSPS) is 11.6. The SMILES string of the molecule is NC(=O)c1ccc(N(Cc2cc(Cl)cc(Br)c2)C(=O)CN(Cc2ccc(Cl)cc2)S(=O)(=O)c2c(F)c(F)c(F)c(F)c2F)cc1O. The van der Waals surface area contributed by atoms with Gasteiger partial charge in [0.15, 0.2) is 28.2 Å². The number of benzene rings is 4. The van der Waals surface area contributed by atoms with Gasteiger partial charge in [0.05, 0.1) is 18.7 Å². The van der Waals surface area contributed by atoms with Crippen LogP contribution in [0.25, 0.3) is 0 Å². The van der Waals surface area contributed by atoms with Crippen LogP contribution in [0.2, 0.25) is 10.0 Å². The molecule has 0 aliphatic carbocycles. The molecule has 4 aromatic rings. The standard InChI is InChI=1S/C29H19BrCl2F5N3O5S/c30-16-7-15(8-18(32)9-16)12-40(19-5-6-20(29(38)43)21(41)10-19)22(42)13-39(11-14-1-3-17(31)4-2-14)46(44,45)28-26(36)24(34)23(33)25(35)27(28)37/h1-10,41H,11-13H2,(H2,38,43). The first kappa shape index (κ1) is 35.1. The second-order valence-corrected chi connectivity index (χ2v) is 13.3. The number of sulfonamides is 1. The Morgan fingerprint density at radius 1 is 0.783 bits per heavy atom. The Kier molecular flexibility index (Phi) is 10.6. The van der Waals surface area contributed by atoms with Crippen molar-refractivity contribution in [1.82, 2.24) is 4.31 Å². The Morgan fingerprint density at radius 2 is 1.37 bits per heavy atom. The summed E-state index contributed by atoms with van der Waals surface area (Å²) in [6.45, 7) is -2.34. The fourth-order valence-electron chi connectivity index (χ4n) is 4.30. The van der Waals surface area contributed by atoms with Gasteiger partial charge in [-0.3, -0.25) is 9.59 Å². The number of primary amides is 1. The Balaban J connectivity index is 1.85. The third-order valence-electron chi connectivity index (χ3n) is 6.47. The molecule has 0 heterocycles. The number of hydrogen-bond acceptors (Lipinski definition) is 5. The number of nitrogens with two attached hydrogens (primary N) is 1. The van der Waals surface area contributed by atoms with E-state index in [-0.39, 0.29) is 37.7 Å². The first-order valence-electron chi connectivity index (χ1n) is 12.7. The average molecular weight is 767 g/mol. The molecule has 17 heteroatoms. The highest BCUT2D eigenvalue weighted by Crippen LogP contribution is 2.32. The zero-order valence-electron chi connectivity index (χ0n) is 22.9. The van der Waals surface area contributed by atoms with Crippen molar-refractivity contribution < 1.29 is 45.1 Å². The summed E-state index contributed by atoms with van der Waals surface area (Å²) in [6, 6.07) is 13.2. The van der Waals surface area contributed by atoms with Gasteiger partial charge >= 0.3 is 0 Å². The fourth-order valence-corrected chi connectivity index (χ4v) is 6.85. The second kappa shape index (κ2) is 13.9. The van der Waals surface area contributed by atoms with Gasteiger partial charge in [-0.1, -0.05) is 51.3 Å². The summed E-state index contributed by atoms with van der Waals surface area (Å²) in [7, 11) is -5.64. The van der Waals surface area contributed by atoms with Crippen molar-refractivity contribution >= 4 is 66.7 Å². The smallest absolute Gasteiger partial charge is 0.252 e. The number of amides is 2. The summed E-state index contributed by atoms with van der Waals surface area (Å²) >= 11 is 15.3. The van der Waals surface area contributed by atoms with Gasteiger partial charge in [-0.15, -0.1) is 0 Å². The zero-order chi connectivity index (χ0) is 34.1. The lowest BCUT2D eigenvalue weighted by atomic mass is 10.1. The highest BCUT2D eigenvalue weighted by molar-refractivity contribution is 9.10. The minimum absolute atomic E-state index is 0.0938. The van der Waals surface area contributed by atoms with Gasteiger partial charge in [0.2, 0.25) is 21.7 Å². The van der Waals surface area contributed by atoms with E-state index in [0.29, 0.717) is 10.0 Å². The van der Waals surface area contributed by atoms with Crippen molar-refractivity contribution in [3.05, 3.63) is 121 Å². The van der Waals surface area contributed by atoms with E-state index in [1.165, 1.54) is 42.5 Å². The predicted molar refractivity (Wildman–Crippen MR) is 162 cm³/mol. The summed E-state index contributed by atoms with van der Waals surface area (Å²) in [5.41, 5.74) is 5.34. The van der Waals surface area contributed by atoms with Crippen LogP contribution in [0.15, 0.2) is 70.0 Å². The monoisotopic (exact) mass is 765 g/mol. The first-order valence-corrected chi connectivity index (χ1v) is 15.6. The molecule has 0 saturated heterocycles. The number of carbonyl (C=O) groups excluding carboxylic acids is 2. The summed E-state index contributed by atoms with van der Waals surface area (Å²) < 4.78 is 99.6.